The second-order valence-corrected chi connectivity index (χ2v) is 11.3. The van der Waals surface area contributed by atoms with E-state index < -0.39 is 23.8 Å². The molecule has 1 saturated heterocycles. The fraction of sp³-hybridized carbons (Fsp3) is 0.517. The summed E-state index contributed by atoms with van der Waals surface area (Å²) in [6, 6.07) is 11.3. The zero-order valence-electron chi connectivity index (χ0n) is 21.6. The van der Waals surface area contributed by atoms with Crippen LogP contribution < -0.4 is 9.64 Å². The van der Waals surface area contributed by atoms with Crippen molar-refractivity contribution in [3.63, 3.8) is 0 Å². The van der Waals surface area contributed by atoms with Crippen LogP contribution >= 0.6 is 0 Å². The van der Waals surface area contributed by atoms with Crippen molar-refractivity contribution in [3.05, 3.63) is 53.2 Å². The molecule has 3 aliphatic rings. The lowest BCUT2D eigenvalue weighted by Gasteiger charge is -2.45. The van der Waals surface area contributed by atoms with Crippen LogP contribution in [0.15, 0.2) is 36.4 Å². The van der Waals surface area contributed by atoms with Crippen LogP contribution in [0.2, 0.25) is 0 Å². The van der Waals surface area contributed by atoms with Crippen LogP contribution in [0.3, 0.4) is 0 Å². The standard InChI is InChI=1S/C29H32F3N3O3/c1-17(27(36)37)25(19-4-5-19)20-6-3-18-9-10-28(38-24(18)15-20)11-13-35(14-12-28)21-7-8-22-23(16-21)34(2)33-26(22)29(30,31)32/h3,6-8,15-17,19,25H,4-5,9-14H2,1-2H3,(H,36,37)/t17-,25-/m0/s1. The van der Waals surface area contributed by atoms with Gasteiger partial charge in [0.25, 0.3) is 0 Å². The van der Waals surface area contributed by atoms with Crippen molar-refractivity contribution in [2.75, 3.05) is 18.0 Å². The van der Waals surface area contributed by atoms with Gasteiger partial charge >= 0.3 is 12.1 Å². The molecule has 202 valence electrons. The number of aryl methyl sites for hydroxylation is 2. The molecule has 2 atom stereocenters. The van der Waals surface area contributed by atoms with Crippen molar-refractivity contribution in [3.8, 4) is 5.75 Å². The molecule has 6 nitrogen and oxygen atoms in total. The molecule has 3 heterocycles. The largest absolute Gasteiger partial charge is 0.487 e. The number of fused-ring (bicyclic) bond motifs is 2. The Morgan fingerprint density at radius 1 is 1.13 bits per heavy atom. The zero-order chi connectivity index (χ0) is 26.8. The number of benzene rings is 2. The number of rotatable bonds is 5. The molecule has 3 aromatic rings. The molecule has 38 heavy (non-hydrogen) atoms. The fourth-order valence-corrected chi connectivity index (χ4v) is 6.48. The molecular formula is C29H32F3N3O3. The summed E-state index contributed by atoms with van der Waals surface area (Å²) in [6.45, 7) is 3.28. The van der Waals surface area contributed by atoms with Gasteiger partial charge in [-0.3, -0.25) is 9.48 Å². The molecule has 1 aliphatic carbocycles. The maximum absolute atomic E-state index is 13.4. The number of carboxylic acid groups (broad SMARTS) is 1. The number of carbonyl (C=O) groups is 1. The number of carboxylic acids is 1. The minimum Gasteiger partial charge on any atom is -0.487 e. The first-order chi connectivity index (χ1) is 18.0. The Morgan fingerprint density at radius 3 is 2.53 bits per heavy atom. The summed E-state index contributed by atoms with van der Waals surface area (Å²) in [5, 5.41) is 13.5. The van der Waals surface area contributed by atoms with Crippen LogP contribution in [0, 0.1) is 11.8 Å². The molecule has 2 aromatic carbocycles. The van der Waals surface area contributed by atoms with E-state index in [-0.39, 0.29) is 16.9 Å². The van der Waals surface area contributed by atoms with Crippen molar-refractivity contribution >= 4 is 22.6 Å². The van der Waals surface area contributed by atoms with Gasteiger partial charge in [0, 0.05) is 44.1 Å². The monoisotopic (exact) mass is 527 g/mol. The molecule has 2 aliphatic heterocycles. The van der Waals surface area contributed by atoms with Crippen LogP contribution in [-0.2, 0) is 24.4 Å². The van der Waals surface area contributed by atoms with Crippen molar-refractivity contribution in [2.24, 2.45) is 18.9 Å². The molecule has 1 aromatic heterocycles. The van der Waals surface area contributed by atoms with Gasteiger partial charge in [0.2, 0.25) is 0 Å². The van der Waals surface area contributed by atoms with Gasteiger partial charge in [-0.25, -0.2) is 0 Å². The normalized spacial score (nSPS) is 20.7. The topological polar surface area (TPSA) is 67.6 Å². The number of aromatic nitrogens is 2. The van der Waals surface area contributed by atoms with E-state index in [0.717, 1.165) is 68.6 Å². The minimum absolute atomic E-state index is 0.000838. The molecule has 2 fully saturated rings. The molecular weight excluding hydrogens is 495 g/mol. The van der Waals surface area contributed by atoms with Crippen LogP contribution in [0.5, 0.6) is 5.75 Å². The third kappa shape index (κ3) is 4.39. The fourth-order valence-electron chi connectivity index (χ4n) is 6.48. The van der Waals surface area contributed by atoms with E-state index in [2.05, 4.69) is 28.2 Å². The number of nitrogens with zero attached hydrogens (tertiary/aromatic N) is 3. The van der Waals surface area contributed by atoms with Gasteiger partial charge in [0.05, 0.1) is 11.4 Å². The first kappa shape index (κ1) is 25.1. The second-order valence-electron chi connectivity index (χ2n) is 11.3. The van der Waals surface area contributed by atoms with Gasteiger partial charge in [-0.05, 0) is 72.9 Å². The number of hydrogen-bond donors (Lipinski definition) is 1. The van der Waals surface area contributed by atoms with Crippen molar-refractivity contribution in [1.29, 1.82) is 0 Å². The lowest BCUT2D eigenvalue weighted by molar-refractivity contribution is -0.142. The molecule has 9 heteroatoms. The van der Waals surface area contributed by atoms with E-state index in [1.165, 1.54) is 16.3 Å². The number of hydrogen-bond acceptors (Lipinski definition) is 4. The molecule has 0 bridgehead atoms. The van der Waals surface area contributed by atoms with Gasteiger partial charge in [-0.1, -0.05) is 19.1 Å². The van der Waals surface area contributed by atoms with Gasteiger partial charge in [-0.15, -0.1) is 0 Å². The smallest absolute Gasteiger partial charge is 0.435 e. The molecule has 1 N–H and O–H groups in total. The highest BCUT2D eigenvalue weighted by atomic mass is 19.4. The number of aliphatic carboxylic acids is 1. The van der Waals surface area contributed by atoms with Gasteiger partial charge in [-0.2, -0.15) is 18.3 Å². The van der Waals surface area contributed by atoms with E-state index >= 15 is 0 Å². The summed E-state index contributed by atoms with van der Waals surface area (Å²) in [5.74, 6) is 0.0971. The second kappa shape index (κ2) is 8.92. The molecule has 0 amide bonds. The van der Waals surface area contributed by atoms with Crippen LogP contribution in [0.25, 0.3) is 10.9 Å². The summed E-state index contributed by atoms with van der Waals surface area (Å²) in [4.78, 5) is 14.0. The number of piperidine rings is 1. The van der Waals surface area contributed by atoms with E-state index in [1.807, 2.05) is 0 Å². The first-order valence-corrected chi connectivity index (χ1v) is 13.4. The average Bonchev–Trinajstić information content (AvgIpc) is 3.66. The summed E-state index contributed by atoms with van der Waals surface area (Å²) in [6.07, 6.45) is 1.11. The molecule has 0 unspecified atom stereocenters. The zero-order valence-corrected chi connectivity index (χ0v) is 21.6. The van der Waals surface area contributed by atoms with Crippen LogP contribution in [0.1, 0.15) is 61.8 Å². The highest BCUT2D eigenvalue weighted by Crippen LogP contribution is 2.49. The Hall–Kier alpha value is -3.23. The third-order valence-electron chi connectivity index (χ3n) is 8.85. The van der Waals surface area contributed by atoms with Crippen LogP contribution in [0.4, 0.5) is 18.9 Å². The van der Waals surface area contributed by atoms with Crippen LogP contribution in [-0.4, -0.2) is 39.5 Å². The van der Waals surface area contributed by atoms with E-state index in [0.29, 0.717) is 11.4 Å². The summed E-state index contributed by atoms with van der Waals surface area (Å²) >= 11 is 0. The highest BCUT2D eigenvalue weighted by Gasteiger charge is 2.42. The van der Waals surface area contributed by atoms with Crippen molar-refractivity contribution in [2.45, 2.75) is 63.1 Å². The van der Waals surface area contributed by atoms with Crippen molar-refractivity contribution < 1.29 is 27.8 Å². The van der Waals surface area contributed by atoms with Gasteiger partial charge in [0.15, 0.2) is 5.69 Å². The van der Waals surface area contributed by atoms with E-state index in [1.54, 1.807) is 26.1 Å². The van der Waals surface area contributed by atoms with E-state index in [9.17, 15) is 23.1 Å². The Balaban J connectivity index is 1.19. The van der Waals surface area contributed by atoms with Gasteiger partial charge in [0.1, 0.15) is 11.4 Å². The minimum atomic E-state index is -4.49. The van der Waals surface area contributed by atoms with E-state index in [4.69, 9.17) is 4.74 Å². The molecule has 1 spiro atoms. The summed E-state index contributed by atoms with van der Waals surface area (Å²) < 4.78 is 48.1. The summed E-state index contributed by atoms with van der Waals surface area (Å²) in [7, 11) is 1.54. The first-order valence-electron chi connectivity index (χ1n) is 13.4. The Bertz CT molecular complexity index is 1390. The van der Waals surface area contributed by atoms with Gasteiger partial charge < -0.3 is 14.7 Å². The maximum Gasteiger partial charge on any atom is 0.435 e. The number of halogens is 3. The van der Waals surface area contributed by atoms with Crippen molar-refractivity contribution in [1.82, 2.24) is 9.78 Å². The Morgan fingerprint density at radius 2 is 1.87 bits per heavy atom. The molecule has 1 saturated carbocycles. The Labute approximate surface area is 219 Å². The number of alkyl halides is 3. The Kier molecular flexibility index (Phi) is 5.88. The SMILES string of the molecule is C[C@H](C(=O)O)[C@H](c1ccc2c(c1)OC1(CC2)CCN(c2ccc3c(C(F)(F)F)nn(C)c3c2)CC1)C1CC1. The third-order valence-corrected chi connectivity index (χ3v) is 8.85. The number of ether oxygens (including phenoxy) is 1. The predicted octanol–water partition coefficient (Wildman–Crippen LogP) is 6.17. The molecule has 0 radical (unpaired) electrons. The number of anilines is 1. The lowest BCUT2D eigenvalue weighted by Crippen LogP contribution is -2.49. The average molecular weight is 528 g/mol. The predicted molar refractivity (Wildman–Crippen MR) is 138 cm³/mol. The highest BCUT2D eigenvalue weighted by molar-refractivity contribution is 5.86. The molecule has 6 rings (SSSR count). The maximum atomic E-state index is 13.4. The quantitative estimate of drug-likeness (QED) is 0.430. The lowest BCUT2D eigenvalue weighted by atomic mass is 9.80. The summed E-state index contributed by atoms with van der Waals surface area (Å²) in [5.41, 5.74) is 2.44.